The average molecular weight is 415 g/mol. The molecule has 6 heteroatoms. The third-order valence-electron chi connectivity index (χ3n) is 6.49. The van der Waals surface area contributed by atoms with Crippen molar-refractivity contribution in [2.75, 3.05) is 0 Å². The minimum Gasteiger partial charge on any atom is -0.619 e. The maximum atomic E-state index is 13.5. The normalized spacial score (nSPS) is 19.2. The molecule has 1 fully saturated rings. The summed E-state index contributed by atoms with van der Waals surface area (Å²) in [5.41, 5.74) is 3.06. The Kier molecular flexibility index (Phi) is 4.94. The Labute approximate surface area is 180 Å². The van der Waals surface area contributed by atoms with Gasteiger partial charge in [-0.05, 0) is 35.9 Å². The molecule has 2 atom stereocenters. The molecule has 1 aliphatic carbocycles. The minimum absolute atomic E-state index is 0.120. The number of aryl methyl sites for hydroxylation is 1. The smallest absolute Gasteiger partial charge is 0.261 e. The Morgan fingerprint density at radius 2 is 1.90 bits per heavy atom. The zero-order valence-corrected chi connectivity index (χ0v) is 17.5. The van der Waals surface area contributed by atoms with Crippen molar-refractivity contribution >= 4 is 21.7 Å². The van der Waals surface area contributed by atoms with Crippen molar-refractivity contribution in [2.24, 2.45) is 0 Å². The molecule has 0 spiro atoms. The monoisotopic (exact) mass is 415 g/mol. The number of hydrogen-bond donors (Lipinski definition) is 1. The molecule has 4 aromatic rings. The van der Waals surface area contributed by atoms with Crippen molar-refractivity contribution in [2.45, 2.75) is 51.2 Å². The summed E-state index contributed by atoms with van der Waals surface area (Å²) in [5.74, 6) is 0. The van der Waals surface area contributed by atoms with Gasteiger partial charge in [0.25, 0.3) is 5.56 Å². The molecular formula is C25H25N3O3. The van der Waals surface area contributed by atoms with Gasteiger partial charge in [-0.1, -0.05) is 37.1 Å². The molecule has 2 aromatic carbocycles. The Morgan fingerprint density at radius 3 is 2.68 bits per heavy atom. The van der Waals surface area contributed by atoms with E-state index in [1.807, 2.05) is 42.5 Å². The van der Waals surface area contributed by atoms with Gasteiger partial charge >= 0.3 is 0 Å². The van der Waals surface area contributed by atoms with Crippen molar-refractivity contribution in [3.8, 4) is 0 Å². The first kappa shape index (κ1) is 19.7. The van der Waals surface area contributed by atoms with E-state index in [0.29, 0.717) is 29.4 Å². The second-order valence-corrected chi connectivity index (χ2v) is 8.53. The maximum Gasteiger partial charge on any atom is 0.261 e. The number of fused-ring (bicyclic) bond motifs is 3. The molecule has 31 heavy (non-hydrogen) atoms. The number of rotatable bonds is 3. The number of pyridine rings is 1. The van der Waals surface area contributed by atoms with E-state index < -0.39 is 6.10 Å². The molecule has 0 amide bonds. The Hall–Kier alpha value is -3.25. The van der Waals surface area contributed by atoms with E-state index in [0.717, 1.165) is 45.9 Å². The van der Waals surface area contributed by atoms with Gasteiger partial charge in [-0.15, -0.1) is 0 Å². The molecule has 158 valence electrons. The van der Waals surface area contributed by atoms with Gasteiger partial charge in [-0.25, -0.2) is 4.98 Å². The average Bonchev–Trinajstić information content (AvgIpc) is 2.78. The quantitative estimate of drug-likeness (QED) is 0.315. The van der Waals surface area contributed by atoms with Crippen molar-refractivity contribution < 1.29 is 9.84 Å². The van der Waals surface area contributed by atoms with Gasteiger partial charge in [-0.3, -0.25) is 9.36 Å². The molecular weight excluding hydrogens is 390 g/mol. The molecule has 2 heterocycles. The fourth-order valence-electron chi connectivity index (χ4n) is 4.77. The fraction of sp³-hybridized carbons (Fsp3) is 0.320. The van der Waals surface area contributed by atoms with Gasteiger partial charge in [0.1, 0.15) is 0 Å². The zero-order valence-electron chi connectivity index (χ0n) is 17.5. The molecule has 0 radical (unpaired) electrons. The predicted molar refractivity (Wildman–Crippen MR) is 120 cm³/mol. The minimum atomic E-state index is -0.523. The van der Waals surface area contributed by atoms with E-state index in [-0.39, 0.29) is 11.6 Å². The number of nitrogens with zero attached hydrogens (tertiary/aromatic N) is 3. The SMILES string of the molecule is Cc1ccc(Cc2cc3c(=O)n([C@H]4CCCC[C@@H]4O)cnc3c3ccccc23)c[n+]1[O-]. The van der Waals surface area contributed by atoms with Crippen LogP contribution in [0.2, 0.25) is 0 Å². The number of aromatic nitrogens is 3. The Balaban J connectivity index is 1.70. The van der Waals surface area contributed by atoms with Crippen molar-refractivity contribution in [1.82, 2.24) is 9.55 Å². The van der Waals surface area contributed by atoms with Crippen LogP contribution in [-0.2, 0) is 6.42 Å². The third-order valence-corrected chi connectivity index (χ3v) is 6.49. The summed E-state index contributed by atoms with van der Waals surface area (Å²) in [7, 11) is 0. The fourth-order valence-corrected chi connectivity index (χ4v) is 4.77. The molecule has 2 aromatic heterocycles. The number of benzene rings is 2. The zero-order chi connectivity index (χ0) is 21.5. The Morgan fingerprint density at radius 1 is 1.13 bits per heavy atom. The van der Waals surface area contributed by atoms with Gasteiger partial charge in [0.15, 0.2) is 11.9 Å². The molecule has 0 bridgehead atoms. The lowest BCUT2D eigenvalue weighted by Crippen LogP contribution is -2.34. The van der Waals surface area contributed by atoms with E-state index in [1.165, 1.54) is 0 Å². The van der Waals surface area contributed by atoms with Gasteiger partial charge in [0.05, 0.1) is 29.4 Å². The first-order valence-corrected chi connectivity index (χ1v) is 10.8. The van der Waals surface area contributed by atoms with Crippen molar-refractivity contribution in [1.29, 1.82) is 0 Å². The van der Waals surface area contributed by atoms with Crippen molar-refractivity contribution in [3.63, 3.8) is 0 Å². The second kappa shape index (κ2) is 7.78. The van der Waals surface area contributed by atoms with Crippen LogP contribution in [0.3, 0.4) is 0 Å². The van der Waals surface area contributed by atoms with Crippen LogP contribution in [0.5, 0.6) is 0 Å². The summed E-state index contributed by atoms with van der Waals surface area (Å²) < 4.78 is 2.49. The third kappa shape index (κ3) is 3.47. The molecule has 5 rings (SSSR count). The van der Waals surface area contributed by atoms with E-state index in [4.69, 9.17) is 0 Å². The van der Waals surface area contributed by atoms with E-state index in [2.05, 4.69) is 4.98 Å². The summed E-state index contributed by atoms with van der Waals surface area (Å²) in [4.78, 5) is 18.1. The lowest BCUT2D eigenvalue weighted by atomic mass is 9.92. The molecule has 0 saturated heterocycles. The highest BCUT2D eigenvalue weighted by molar-refractivity contribution is 6.06. The van der Waals surface area contributed by atoms with Crippen LogP contribution in [0.4, 0.5) is 0 Å². The summed E-state index contributed by atoms with van der Waals surface area (Å²) >= 11 is 0. The summed E-state index contributed by atoms with van der Waals surface area (Å²) in [6.45, 7) is 1.77. The summed E-state index contributed by atoms with van der Waals surface area (Å²) in [6, 6.07) is 13.4. The van der Waals surface area contributed by atoms with Crippen molar-refractivity contribution in [3.05, 3.63) is 87.4 Å². The molecule has 1 saturated carbocycles. The summed E-state index contributed by atoms with van der Waals surface area (Å²) in [6.07, 6.45) is 6.67. The first-order valence-electron chi connectivity index (χ1n) is 10.8. The highest BCUT2D eigenvalue weighted by Gasteiger charge is 2.26. The topological polar surface area (TPSA) is 82.1 Å². The number of aliphatic hydroxyl groups is 1. The Bertz CT molecular complexity index is 1350. The highest BCUT2D eigenvalue weighted by atomic mass is 16.5. The van der Waals surface area contributed by atoms with E-state index >= 15 is 0 Å². The molecule has 1 N–H and O–H groups in total. The van der Waals surface area contributed by atoms with Crippen LogP contribution in [0.25, 0.3) is 21.7 Å². The number of aliphatic hydroxyl groups excluding tert-OH is 1. The van der Waals surface area contributed by atoms with Crippen LogP contribution in [0, 0.1) is 12.1 Å². The van der Waals surface area contributed by atoms with Crippen LogP contribution >= 0.6 is 0 Å². The highest BCUT2D eigenvalue weighted by Crippen LogP contribution is 2.30. The first-order chi connectivity index (χ1) is 15.0. The molecule has 0 aliphatic heterocycles. The van der Waals surface area contributed by atoms with Gasteiger partial charge in [0.2, 0.25) is 0 Å². The van der Waals surface area contributed by atoms with Crippen LogP contribution in [0.15, 0.2) is 59.8 Å². The van der Waals surface area contributed by atoms with Gasteiger partial charge in [0, 0.05) is 30.4 Å². The van der Waals surface area contributed by atoms with Gasteiger partial charge in [-0.2, -0.15) is 4.73 Å². The molecule has 0 unspecified atom stereocenters. The van der Waals surface area contributed by atoms with E-state index in [9.17, 15) is 15.1 Å². The second-order valence-electron chi connectivity index (χ2n) is 8.53. The lowest BCUT2D eigenvalue weighted by molar-refractivity contribution is -0.612. The predicted octanol–water partition coefficient (Wildman–Crippen LogP) is 3.56. The van der Waals surface area contributed by atoms with Crippen LogP contribution in [-0.4, -0.2) is 20.8 Å². The van der Waals surface area contributed by atoms with Crippen LogP contribution in [0.1, 0.15) is 48.5 Å². The summed E-state index contributed by atoms with van der Waals surface area (Å²) in [5, 5.41) is 25.0. The lowest BCUT2D eigenvalue weighted by Gasteiger charge is -2.29. The van der Waals surface area contributed by atoms with E-state index in [1.54, 1.807) is 24.0 Å². The molecule has 6 nitrogen and oxygen atoms in total. The standard InChI is InChI=1S/C25H25N3O3/c1-16-10-11-17(14-28(16)31)12-18-13-21-24(20-7-3-2-6-19(18)20)26-15-27(25(21)30)22-8-4-5-9-23(22)29/h2-3,6-7,10-11,13-15,22-23,29H,4-5,8-9,12H2,1H3/t22-,23-/m0/s1. The largest absolute Gasteiger partial charge is 0.619 e. The van der Waals surface area contributed by atoms with Gasteiger partial charge < -0.3 is 10.3 Å². The number of hydrogen-bond acceptors (Lipinski definition) is 4. The molecule has 1 aliphatic rings. The maximum absolute atomic E-state index is 13.5. The van der Waals surface area contributed by atoms with Crippen LogP contribution < -0.4 is 10.3 Å².